The van der Waals surface area contributed by atoms with E-state index < -0.39 is 13.0 Å². The summed E-state index contributed by atoms with van der Waals surface area (Å²) in [6.07, 6.45) is -1.83. The van der Waals surface area contributed by atoms with Crippen molar-refractivity contribution in [2.75, 3.05) is 19.1 Å². The van der Waals surface area contributed by atoms with Crippen molar-refractivity contribution in [2.45, 2.75) is 26.3 Å². The average Bonchev–Trinajstić information content (AvgIpc) is 2.85. The molecule has 0 saturated heterocycles. The van der Waals surface area contributed by atoms with E-state index in [4.69, 9.17) is 16.3 Å². The Hall–Kier alpha value is -1.21. The van der Waals surface area contributed by atoms with E-state index in [1.165, 1.54) is 0 Å². The summed E-state index contributed by atoms with van der Waals surface area (Å²) in [5.41, 5.74) is 2.52. The summed E-state index contributed by atoms with van der Waals surface area (Å²) in [7, 11) is 1.83. The van der Waals surface area contributed by atoms with Crippen LogP contribution in [0.25, 0.3) is 11.2 Å². The van der Waals surface area contributed by atoms with Crippen LogP contribution in [-0.2, 0) is 24.8 Å². The topological polar surface area (TPSA) is 44.9 Å². The number of aromatic nitrogens is 4. The normalized spacial score (nSPS) is 11.9. The SMILES string of the molecule is Cc1nn(C)c2c1nc(CCCl)n2CCOCC(F)F. The third kappa shape index (κ3) is 3.09. The molecule has 20 heavy (non-hydrogen) atoms. The second-order valence-electron chi connectivity index (χ2n) is 4.47. The van der Waals surface area contributed by atoms with Gasteiger partial charge in [0.15, 0.2) is 5.65 Å². The Morgan fingerprint density at radius 2 is 2.15 bits per heavy atom. The third-order valence-electron chi connectivity index (χ3n) is 2.99. The van der Waals surface area contributed by atoms with Crippen LogP contribution >= 0.6 is 11.6 Å². The predicted octanol–water partition coefficient (Wildman–Crippen LogP) is 2.14. The second-order valence-corrected chi connectivity index (χ2v) is 4.84. The zero-order chi connectivity index (χ0) is 14.7. The molecule has 0 aliphatic rings. The van der Waals surface area contributed by atoms with E-state index in [1.807, 2.05) is 18.5 Å². The summed E-state index contributed by atoms with van der Waals surface area (Å²) in [4.78, 5) is 4.53. The molecule has 2 aromatic rings. The van der Waals surface area contributed by atoms with Crippen LogP contribution in [0.1, 0.15) is 11.5 Å². The molecule has 0 unspecified atom stereocenters. The lowest BCUT2D eigenvalue weighted by atomic mass is 10.4. The van der Waals surface area contributed by atoms with Gasteiger partial charge in [-0.1, -0.05) is 0 Å². The Labute approximate surface area is 120 Å². The van der Waals surface area contributed by atoms with Crippen LogP contribution in [0.2, 0.25) is 0 Å². The lowest BCUT2D eigenvalue weighted by Crippen LogP contribution is -2.14. The van der Waals surface area contributed by atoms with Crippen molar-refractivity contribution in [3.05, 3.63) is 11.5 Å². The van der Waals surface area contributed by atoms with E-state index in [0.717, 1.165) is 22.7 Å². The number of imidazole rings is 1. The lowest BCUT2D eigenvalue weighted by Gasteiger charge is -2.09. The number of hydrogen-bond donors (Lipinski definition) is 0. The maximum absolute atomic E-state index is 12.0. The predicted molar refractivity (Wildman–Crippen MR) is 72.5 cm³/mol. The molecule has 0 N–H and O–H groups in total. The minimum absolute atomic E-state index is 0.204. The Balaban J connectivity index is 2.21. The summed E-state index contributed by atoms with van der Waals surface area (Å²) < 4.78 is 32.7. The quantitative estimate of drug-likeness (QED) is 0.581. The van der Waals surface area contributed by atoms with E-state index in [2.05, 4.69) is 10.1 Å². The van der Waals surface area contributed by atoms with Crippen molar-refractivity contribution in [1.29, 1.82) is 0 Å². The van der Waals surface area contributed by atoms with Crippen molar-refractivity contribution in [3.8, 4) is 0 Å². The second kappa shape index (κ2) is 6.49. The van der Waals surface area contributed by atoms with Crippen molar-refractivity contribution >= 4 is 22.8 Å². The van der Waals surface area contributed by atoms with Gasteiger partial charge in [-0.15, -0.1) is 11.6 Å². The molecule has 112 valence electrons. The Morgan fingerprint density at radius 1 is 1.40 bits per heavy atom. The van der Waals surface area contributed by atoms with Gasteiger partial charge >= 0.3 is 0 Å². The van der Waals surface area contributed by atoms with Gasteiger partial charge < -0.3 is 9.30 Å². The third-order valence-corrected chi connectivity index (χ3v) is 3.18. The lowest BCUT2D eigenvalue weighted by molar-refractivity contribution is 0.0148. The number of nitrogens with zero attached hydrogens (tertiary/aromatic N) is 4. The molecule has 0 aliphatic carbocycles. The van der Waals surface area contributed by atoms with Gasteiger partial charge in [0, 0.05) is 25.9 Å². The van der Waals surface area contributed by atoms with Crippen molar-refractivity contribution in [3.63, 3.8) is 0 Å². The molecule has 5 nitrogen and oxygen atoms in total. The molecule has 0 aliphatic heterocycles. The van der Waals surface area contributed by atoms with Crippen LogP contribution < -0.4 is 0 Å². The highest BCUT2D eigenvalue weighted by atomic mass is 35.5. The molecule has 2 heterocycles. The number of ether oxygens (including phenoxy) is 1. The molecule has 0 amide bonds. The van der Waals surface area contributed by atoms with Gasteiger partial charge in [-0.05, 0) is 6.92 Å². The highest BCUT2D eigenvalue weighted by molar-refractivity contribution is 6.17. The maximum atomic E-state index is 12.0. The van der Waals surface area contributed by atoms with Gasteiger partial charge in [-0.25, -0.2) is 13.8 Å². The highest BCUT2D eigenvalue weighted by Crippen LogP contribution is 2.19. The molecule has 0 saturated carbocycles. The number of fused-ring (bicyclic) bond motifs is 1. The summed E-state index contributed by atoms with van der Waals surface area (Å²) in [6, 6.07) is 0. The molecule has 2 rings (SSSR count). The molecule has 8 heteroatoms. The number of rotatable bonds is 7. The zero-order valence-electron chi connectivity index (χ0n) is 11.4. The van der Waals surface area contributed by atoms with Gasteiger partial charge in [0.25, 0.3) is 6.43 Å². The number of alkyl halides is 3. The van der Waals surface area contributed by atoms with E-state index in [1.54, 1.807) is 4.68 Å². The molecule has 0 bridgehead atoms. The molecule has 0 aromatic carbocycles. The molecular formula is C12H17ClF2N4O. The highest BCUT2D eigenvalue weighted by Gasteiger charge is 2.16. The summed E-state index contributed by atoms with van der Waals surface area (Å²) in [5, 5.41) is 4.31. The molecular weight excluding hydrogens is 290 g/mol. The molecule has 0 radical (unpaired) electrons. The van der Waals surface area contributed by atoms with Crippen molar-refractivity contribution in [2.24, 2.45) is 7.05 Å². The molecule has 2 aromatic heterocycles. The van der Waals surface area contributed by atoms with Crippen LogP contribution in [-0.4, -0.2) is 44.9 Å². The summed E-state index contributed by atoms with van der Waals surface area (Å²) in [5.74, 6) is 1.28. The van der Waals surface area contributed by atoms with Crippen LogP contribution in [0, 0.1) is 6.92 Å². The minimum atomic E-state index is -2.45. The minimum Gasteiger partial charge on any atom is -0.374 e. The van der Waals surface area contributed by atoms with Crippen LogP contribution in [0.4, 0.5) is 8.78 Å². The van der Waals surface area contributed by atoms with Gasteiger partial charge in [0.05, 0.1) is 12.3 Å². The number of halogens is 3. The van der Waals surface area contributed by atoms with Crippen molar-refractivity contribution in [1.82, 2.24) is 19.3 Å². The zero-order valence-corrected chi connectivity index (χ0v) is 12.2. The first-order chi connectivity index (χ1) is 9.54. The maximum Gasteiger partial charge on any atom is 0.261 e. The summed E-state index contributed by atoms with van der Waals surface area (Å²) >= 11 is 5.78. The van der Waals surface area contributed by atoms with Gasteiger partial charge in [-0.2, -0.15) is 5.10 Å². The van der Waals surface area contributed by atoms with Gasteiger partial charge in [-0.3, -0.25) is 4.68 Å². The Morgan fingerprint density at radius 3 is 2.80 bits per heavy atom. The van der Waals surface area contributed by atoms with E-state index in [-0.39, 0.29) is 6.61 Å². The van der Waals surface area contributed by atoms with E-state index >= 15 is 0 Å². The fourth-order valence-electron chi connectivity index (χ4n) is 2.22. The van der Waals surface area contributed by atoms with Gasteiger partial charge in [0.1, 0.15) is 17.9 Å². The smallest absolute Gasteiger partial charge is 0.261 e. The first kappa shape index (κ1) is 15.2. The Kier molecular flexibility index (Phi) is 4.93. The fourth-order valence-corrected chi connectivity index (χ4v) is 2.39. The monoisotopic (exact) mass is 306 g/mol. The average molecular weight is 307 g/mol. The van der Waals surface area contributed by atoms with Crippen LogP contribution in [0.5, 0.6) is 0 Å². The van der Waals surface area contributed by atoms with E-state index in [0.29, 0.717) is 18.8 Å². The van der Waals surface area contributed by atoms with E-state index in [9.17, 15) is 8.78 Å². The molecule has 0 fully saturated rings. The van der Waals surface area contributed by atoms with Crippen LogP contribution in [0.15, 0.2) is 0 Å². The molecule has 0 spiro atoms. The first-order valence-electron chi connectivity index (χ1n) is 6.35. The number of aryl methyl sites for hydroxylation is 3. The largest absolute Gasteiger partial charge is 0.374 e. The first-order valence-corrected chi connectivity index (χ1v) is 6.88. The summed E-state index contributed by atoms with van der Waals surface area (Å²) in [6.45, 7) is 1.99. The van der Waals surface area contributed by atoms with Crippen LogP contribution in [0.3, 0.4) is 0 Å². The standard InChI is InChI=1S/C12H17ClF2N4O/c1-8-11-12(18(2)17-8)19(10(16-11)3-4-13)5-6-20-7-9(14)15/h9H,3-7H2,1-2H3. The van der Waals surface area contributed by atoms with Crippen molar-refractivity contribution < 1.29 is 13.5 Å². The van der Waals surface area contributed by atoms with Gasteiger partial charge in [0.2, 0.25) is 0 Å². The molecule has 0 atom stereocenters. The Bertz CT molecular complexity index is 582. The fraction of sp³-hybridized carbons (Fsp3) is 0.667. The number of hydrogen-bond acceptors (Lipinski definition) is 3.